The topological polar surface area (TPSA) is 80.9 Å². The number of hydrogen-bond donors (Lipinski definition) is 1. The van der Waals surface area contributed by atoms with Gasteiger partial charge >= 0.3 is 0 Å². The van der Waals surface area contributed by atoms with E-state index in [1.165, 1.54) is 36.5 Å². The number of rotatable bonds is 4. The van der Waals surface area contributed by atoms with Crippen LogP contribution in [0, 0.1) is 0 Å². The number of thioether (sulfide) groups is 1. The van der Waals surface area contributed by atoms with Crippen LogP contribution in [0.2, 0.25) is 0 Å². The Kier molecular flexibility index (Phi) is 4.44. The van der Waals surface area contributed by atoms with Gasteiger partial charge in [0.25, 0.3) is 0 Å². The molecule has 0 saturated carbocycles. The molecule has 0 unspecified atom stereocenters. The molecular formula is C21H18N4O2S. The summed E-state index contributed by atoms with van der Waals surface area (Å²) in [6.07, 6.45) is 5.94. The number of carbonyl (C=O) groups excluding carboxylic acids is 1. The average Bonchev–Trinajstić information content (AvgIpc) is 3.09. The average molecular weight is 390 g/mol. The number of carbonyl (C=O) groups is 1. The van der Waals surface area contributed by atoms with Crippen molar-refractivity contribution >= 4 is 45.6 Å². The highest BCUT2D eigenvalue weighted by Gasteiger charge is 2.19. The molecule has 3 heterocycles. The molecule has 1 aliphatic rings. The van der Waals surface area contributed by atoms with E-state index in [2.05, 4.69) is 21.4 Å². The standard InChI is InChI=1S/C21H18N4O2S/c26-17(24-14-7-2-1-3-8-14)11-28-21-19-18(22-12-23-21)15-10-13-6-4-5-9-16(13)25-20(15)27-19/h1-3,7-8,10,12H,4-6,9,11H2,(H,24,26). The molecule has 3 aromatic heterocycles. The lowest BCUT2D eigenvalue weighted by molar-refractivity contribution is -0.113. The second-order valence-electron chi connectivity index (χ2n) is 6.82. The molecule has 0 bridgehead atoms. The Morgan fingerprint density at radius 1 is 1.14 bits per heavy atom. The van der Waals surface area contributed by atoms with Crippen molar-refractivity contribution in [2.45, 2.75) is 30.7 Å². The monoisotopic (exact) mass is 390 g/mol. The van der Waals surface area contributed by atoms with E-state index in [4.69, 9.17) is 9.40 Å². The zero-order chi connectivity index (χ0) is 18.9. The molecule has 6 nitrogen and oxygen atoms in total. The first-order chi connectivity index (χ1) is 13.8. The first-order valence-corrected chi connectivity index (χ1v) is 10.3. The minimum Gasteiger partial charge on any atom is -0.433 e. The van der Waals surface area contributed by atoms with Crippen LogP contribution >= 0.6 is 11.8 Å². The number of nitrogens with zero attached hydrogens (tertiary/aromatic N) is 3. The largest absolute Gasteiger partial charge is 0.433 e. The van der Waals surface area contributed by atoms with E-state index >= 15 is 0 Å². The lowest BCUT2D eigenvalue weighted by Gasteiger charge is -2.13. The van der Waals surface area contributed by atoms with Crippen molar-refractivity contribution in [2.24, 2.45) is 0 Å². The molecule has 7 heteroatoms. The quantitative estimate of drug-likeness (QED) is 0.411. The summed E-state index contributed by atoms with van der Waals surface area (Å²) in [6, 6.07) is 11.6. The highest BCUT2D eigenvalue weighted by atomic mass is 32.2. The smallest absolute Gasteiger partial charge is 0.234 e. The molecular weight excluding hydrogens is 372 g/mol. The molecule has 0 aliphatic heterocycles. The zero-order valence-electron chi connectivity index (χ0n) is 15.1. The van der Waals surface area contributed by atoms with Crippen LogP contribution < -0.4 is 5.32 Å². The summed E-state index contributed by atoms with van der Waals surface area (Å²) < 4.78 is 6.01. The number of aryl methyl sites for hydroxylation is 2. The van der Waals surface area contributed by atoms with Crippen LogP contribution in [0.25, 0.3) is 22.2 Å². The molecule has 0 spiro atoms. The van der Waals surface area contributed by atoms with Gasteiger partial charge in [0, 0.05) is 11.4 Å². The maximum Gasteiger partial charge on any atom is 0.234 e. The van der Waals surface area contributed by atoms with E-state index in [0.29, 0.717) is 16.3 Å². The van der Waals surface area contributed by atoms with E-state index in [9.17, 15) is 4.79 Å². The van der Waals surface area contributed by atoms with Crippen LogP contribution in [-0.2, 0) is 17.6 Å². The second-order valence-corrected chi connectivity index (χ2v) is 7.78. The summed E-state index contributed by atoms with van der Waals surface area (Å²) >= 11 is 1.34. The van der Waals surface area contributed by atoms with Gasteiger partial charge < -0.3 is 9.73 Å². The summed E-state index contributed by atoms with van der Waals surface area (Å²) in [5, 5.41) is 4.46. The predicted octanol–water partition coefficient (Wildman–Crippen LogP) is 4.38. The maximum absolute atomic E-state index is 12.2. The third-order valence-corrected chi connectivity index (χ3v) is 5.86. The summed E-state index contributed by atoms with van der Waals surface area (Å²) in [4.78, 5) is 25.7. The SMILES string of the molecule is O=C(CSc1ncnc2c1oc1nc3c(cc12)CCCC3)Nc1ccccc1. The van der Waals surface area contributed by atoms with E-state index in [1.54, 1.807) is 0 Å². The van der Waals surface area contributed by atoms with Gasteiger partial charge in [-0.3, -0.25) is 4.79 Å². The molecule has 0 saturated heterocycles. The summed E-state index contributed by atoms with van der Waals surface area (Å²) in [5.74, 6) is 0.148. The molecule has 4 aromatic rings. The zero-order valence-corrected chi connectivity index (χ0v) is 16.0. The Hall–Kier alpha value is -2.93. The van der Waals surface area contributed by atoms with Gasteiger partial charge in [-0.05, 0) is 49.4 Å². The third-order valence-electron chi connectivity index (χ3n) is 4.89. The number of amides is 1. The van der Waals surface area contributed by atoms with Gasteiger partial charge in [0.05, 0.1) is 11.1 Å². The maximum atomic E-state index is 12.2. The summed E-state index contributed by atoms with van der Waals surface area (Å²) in [5.41, 5.74) is 5.16. The molecule has 1 aliphatic carbocycles. The number of furan rings is 1. The molecule has 0 fully saturated rings. The Balaban J connectivity index is 1.42. The van der Waals surface area contributed by atoms with Crippen LogP contribution in [0.4, 0.5) is 5.69 Å². The Labute approximate surface area is 165 Å². The van der Waals surface area contributed by atoms with Crippen molar-refractivity contribution in [1.29, 1.82) is 0 Å². The van der Waals surface area contributed by atoms with Crippen LogP contribution in [0.1, 0.15) is 24.1 Å². The molecule has 1 amide bonds. The van der Waals surface area contributed by atoms with E-state index < -0.39 is 0 Å². The van der Waals surface area contributed by atoms with Gasteiger partial charge in [-0.25, -0.2) is 15.0 Å². The summed E-state index contributed by atoms with van der Waals surface area (Å²) in [7, 11) is 0. The third kappa shape index (κ3) is 3.22. The molecule has 0 atom stereocenters. The number of aromatic nitrogens is 3. The van der Waals surface area contributed by atoms with Crippen molar-refractivity contribution < 1.29 is 9.21 Å². The molecule has 28 heavy (non-hydrogen) atoms. The van der Waals surface area contributed by atoms with Gasteiger partial charge in [-0.15, -0.1) is 0 Å². The molecule has 140 valence electrons. The first kappa shape index (κ1) is 17.2. The van der Waals surface area contributed by atoms with Crippen LogP contribution in [-0.4, -0.2) is 26.6 Å². The van der Waals surface area contributed by atoms with Crippen molar-refractivity contribution in [1.82, 2.24) is 15.0 Å². The van der Waals surface area contributed by atoms with Crippen molar-refractivity contribution in [3.05, 3.63) is 54.0 Å². The number of pyridine rings is 1. The number of benzene rings is 1. The lowest BCUT2D eigenvalue weighted by Crippen LogP contribution is -2.13. The molecule has 0 radical (unpaired) electrons. The highest BCUT2D eigenvalue weighted by molar-refractivity contribution is 8.00. The molecule has 5 rings (SSSR count). The number of anilines is 1. The van der Waals surface area contributed by atoms with Gasteiger partial charge in [0.2, 0.25) is 11.6 Å². The molecule has 1 N–H and O–H groups in total. The molecule has 1 aromatic carbocycles. The Morgan fingerprint density at radius 2 is 2.00 bits per heavy atom. The number of nitrogens with one attached hydrogen (secondary N) is 1. The second kappa shape index (κ2) is 7.24. The van der Waals surface area contributed by atoms with Crippen LogP contribution in [0.3, 0.4) is 0 Å². The minimum absolute atomic E-state index is 0.0901. The number of para-hydroxylation sites is 1. The van der Waals surface area contributed by atoms with E-state index in [0.717, 1.165) is 35.1 Å². The Morgan fingerprint density at radius 3 is 2.89 bits per heavy atom. The predicted molar refractivity (Wildman–Crippen MR) is 110 cm³/mol. The Bertz CT molecular complexity index is 1170. The van der Waals surface area contributed by atoms with Crippen molar-refractivity contribution in [3.8, 4) is 0 Å². The fourth-order valence-electron chi connectivity index (χ4n) is 3.56. The minimum atomic E-state index is -0.0901. The number of hydrogen-bond acceptors (Lipinski definition) is 6. The van der Waals surface area contributed by atoms with Crippen LogP contribution in [0.15, 0.2) is 52.2 Å². The van der Waals surface area contributed by atoms with Crippen LogP contribution in [0.5, 0.6) is 0 Å². The van der Waals surface area contributed by atoms with Gasteiger partial charge in [0.15, 0.2) is 5.58 Å². The van der Waals surface area contributed by atoms with Crippen molar-refractivity contribution in [2.75, 3.05) is 11.1 Å². The first-order valence-electron chi connectivity index (χ1n) is 9.31. The lowest BCUT2D eigenvalue weighted by atomic mass is 9.95. The normalized spacial score (nSPS) is 13.6. The van der Waals surface area contributed by atoms with Crippen molar-refractivity contribution in [3.63, 3.8) is 0 Å². The van der Waals surface area contributed by atoms with Gasteiger partial charge in [0.1, 0.15) is 16.9 Å². The van der Waals surface area contributed by atoms with Gasteiger partial charge in [-0.1, -0.05) is 30.0 Å². The van der Waals surface area contributed by atoms with E-state index in [-0.39, 0.29) is 11.7 Å². The number of fused-ring (bicyclic) bond motifs is 4. The van der Waals surface area contributed by atoms with E-state index in [1.807, 2.05) is 30.3 Å². The fraction of sp³-hybridized carbons (Fsp3) is 0.238. The summed E-state index contributed by atoms with van der Waals surface area (Å²) in [6.45, 7) is 0. The van der Waals surface area contributed by atoms with Gasteiger partial charge in [-0.2, -0.15) is 0 Å². The highest BCUT2D eigenvalue weighted by Crippen LogP contribution is 2.34. The fourth-order valence-corrected chi connectivity index (χ4v) is 4.29.